The fourth-order valence-electron chi connectivity index (χ4n) is 1.28. The summed E-state index contributed by atoms with van der Waals surface area (Å²) in [5.41, 5.74) is 0. The molecule has 0 spiro atoms. The second-order valence-electron chi connectivity index (χ2n) is 3.87. The predicted molar refractivity (Wildman–Crippen MR) is 72.1 cm³/mol. The Bertz CT molecular complexity index is 338. The van der Waals surface area contributed by atoms with Crippen LogP contribution in [0.25, 0.3) is 0 Å². The maximum absolute atomic E-state index is 11.6. The van der Waals surface area contributed by atoms with E-state index < -0.39 is 0 Å². The molecule has 1 rings (SSSR count). The molecule has 1 aromatic heterocycles. The molecule has 0 saturated carbocycles. The summed E-state index contributed by atoms with van der Waals surface area (Å²) in [5, 5.41) is 2.92. The molecule has 0 unspecified atom stereocenters. The average molecular weight is 305 g/mol. The van der Waals surface area contributed by atoms with Crippen molar-refractivity contribution in [3.05, 3.63) is 20.8 Å². The van der Waals surface area contributed by atoms with Crippen LogP contribution in [-0.2, 0) is 0 Å². The van der Waals surface area contributed by atoms with Crippen LogP contribution >= 0.6 is 27.3 Å². The summed E-state index contributed by atoms with van der Waals surface area (Å²) >= 11 is 4.80. The lowest BCUT2D eigenvalue weighted by molar-refractivity contribution is 0.0957. The molecule has 0 aromatic carbocycles. The molecule has 90 valence electrons. The van der Waals surface area contributed by atoms with Crippen molar-refractivity contribution in [3.63, 3.8) is 0 Å². The van der Waals surface area contributed by atoms with Gasteiger partial charge in [0.25, 0.3) is 5.91 Å². The zero-order chi connectivity index (χ0) is 12.0. The van der Waals surface area contributed by atoms with E-state index in [1.165, 1.54) is 11.3 Å². The number of unbranched alkanes of at least 4 members (excludes halogenated alkanes) is 1. The molecule has 1 amide bonds. The van der Waals surface area contributed by atoms with Gasteiger partial charge in [-0.2, -0.15) is 0 Å². The van der Waals surface area contributed by atoms with E-state index in [1.54, 1.807) is 0 Å². The van der Waals surface area contributed by atoms with E-state index in [-0.39, 0.29) is 5.91 Å². The fourth-order valence-corrected chi connectivity index (χ4v) is 2.58. The number of hydrogen-bond donors (Lipinski definition) is 1. The van der Waals surface area contributed by atoms with Crippen LogP contribution < -0.4 is 5.32 Å². The third-order valence-corrected chi connectivity index (χ3v) is 3.74. The Labute approximate surface area is 109 Å². The largest absolute Gasteiger partial charge is 0.351 e. The Balaban J connectivity index is 2.16. The van der Waals surface area contributed by atoms with Gasteiger partial charge in [0.15, 0.2) is 0 Å². The van der Waals surface area contributed by atoms with E-state index in [2.05, 4.69) is 40.2 Å². The summed E-state index contributed by atoms with van der Waals surface area (Å²) in [4.78, 5) is 14.5. The number of halogens is 1. The smallest absolute Gasteiger partial charge is 0.261 e. The Morgan fingerprint density at radius 3 is 2.75 bits per heavy atom. The first-order valence-electron chi connectivity index (χ1n) is 5.28. The SMILES string of the molecule is CN(C)CCCCNC(=O)c1ccc(Br)s1. The Hall–Kier alpha value is -0.390. The quantitative estimate of drug-likeness (QED) is 0.819. The molecular formula is C11H17BrN2OS. The molecule has 1 N–H and O–H groups in total. The van der Waals surface area contributed by atoms with E-state index in [1.807, 2.05) is 12.1 Å². The van der Waals surface area contributed by atoms with Gasteiger partial charge in [0, 0.05) is 6.54 Å². The molecule has 0 fully saturated rings. The van der Waals surface area contributed by atoms with E-state index >= 15 is 0 Å². The molecule has 0 bridgehead atoms. The van der Waals surface area contributed by atoms with Crippen molar-refractivity contribution in [2.45, 2.75) is 12.8 Å². The molecule has 0 saturated heterocycles. The molecule has 0 radical (unpaired) electrons. The van der Waals surface area contributed by atoms with Crippen molar-refractivity contribution in [3.8, 4) is 0 Å². The number of carbonyl (C=O) groups excluding carboxylic acids is 1. The molecule has 1 heterocycles. The lowest BCUT2D eigenvalue weighted by Crippen LogP contribution is -2.24. The Morgan fingerprint density at radius 2 is 2.19 bits per heavy atom. The second kappa shape index (κ2) is 7.04. The van der Waals surface area contributed by atoms with Gasteiger partial charge >= 0.3 is 0 Å². The van der Waals surface area contributed by atoms with Crippen LogP contribution in [0.4, 0.5) is 0 Å². The molecule has 5 heteroatoms. The minimum absolute atomic E-state index is 0.0283. The minimum Gasteiger partial charge on any atom is -0.351 e. The summed E-state index contributed by atoms with van der Waals surface area (Å²) < 4.78 is 0.991. The van der Waals surface area contributed by atoms with Crippen molar-refractivity contribution in [1.82, 2.24) is 10.2 Å². The maximum atomic E-state index is 11.6. The summed E-state index contributed by atoms with van der Waals surface area (Å²) in [6, 6.07) is 3.73. The molecule has 1 aromatic rings. The third-order valence-electron chi connectivity index (χ3n) is 2.11. The second-order valence-corrected chi connectivity index (χ2v) is 6.33. The van der Waals surface area contributed by atoms with Gasteiger partial charge in [0.05, 0.1) is 8.66 Å². The van der Waals surface area contributed by atoms with E-state index in [9.17, 15) is 4.79 Å². The number of rotatable bonds is 6. The lowest BCUT2D eigenvalue weighted by atomic mass is 10.3. The van der Waals surface area contributed by atoms with E-state index in [0.717, 1.165) is 34.6 Å². The highest BCUT2D eigenvalue weighted by Crippen LogP contribution is 2.21. The molecule has 0 aliphatic rings. The number of thiophene rings is 1. The number of carbonyl (C=O) groups is 1. The summed E-state index contributed by atoms with van der Waals surface area (Å²) in [5.74, 6) is 0.0283. The van der Waals surface area contributed by atoms with Gasteiger partial charge in [-0.3, -0.25) is 4.79 Å². The van der Waals surface area contributed by atoms with Gasteiger partial charge in [0.2, 0.25) is 0 Å². The first kappa shape index (κ1) is 13.7. The van der Waals surface area contributed by atoms with Crippen molar-refractivity contribution >= 4 is 33.2 Å². The molecular weight excluding hydrogens is 288 g/mol. The highest BCUT2D eigenvalue weighted by molar-refractivity contribution is 9.11. The van der Waals surface area contributed by atoms with Crippen molar-refractivity contribution in [2.75, 3.05) is 27.2 Å². The summed E-state index contributed by atoms with van der Waals surface area (Å²) in [6.45, 7) is 1.82. The van der Waals surface area contributed by atoms with Crippen LogP contribution in [0, 0.1) is 0 Å². The number of nitrogens with one attached hydrogen (secondary N) is 1. The van der Waals surface area contributed by atoms with Crippen LogP contribution in [-0.4, -0.2) is 38.0 Å². The van der Waals surface area contributed by atoms with Crippen LogP contribution in [0.3, 0.4) is 0 Å². The zero-order valence-corrected chi connectivity index (χ0v) is 12.0. The maximum Gasteiger partial charge on any atom is 0.261 e. The van der Waals surface area contributed by atoms with Crippen molar-refractivity contribution < 1.29 is 4.79 Å². The lowest BCUT2D eigenvalue weighted by Gasteiger charge is -2.08. The number of nitrogens with zero attached hydrogens (tertiary/aromatic N) is 1. The number of hydrogen-bond acceptors (Lipinski definition) is 3. The Morgan fingerprint density at radius 1 is 1.44 bits per heavy atom. The fraction of sp³-hybridized carbons (Fsp3) is 0.545. The average Bonchev–Trinajstić information content (AvgIpc) is 2.63. The third kappa shape index (κ3) is 5.09. The highest BCUT2D eigenvalue weighted by Gasteiger charge is 2.06. The molecule has 0 aliphatic carbocycles. The predicted octanol–water partition coefficient (Wildman–Crippen LogP) is 2.58. The van der Waals surface area contributed by atoms with Crippen LogP contribution in [0.2, 0.25) is 0 Å². The van der Waals surface area contributed by atoms with Crippen LogP contribution in [0.15, 0.2) is 15.9 Å². The van der Waals surface area contributed by atoms with Gasteiger partial charge < -0.3 is 10.2 Å². The standard InChI is InChI=1S/C11H17BrN2OS/c1-14(2)8-4-3-7-13-11(15)9-5-6-10(12)16-9/h5-6H,3-4,7-8H2,1-2H3,(H,13,15). The van der Waals surface area contributed by atoms with Gasteiger partial charge in [-0.15, -0.1) is 11.3 Å². The highest BCUT2D eigenvalue weighted by atomic mass is 79.9. The minimum atomic E-state index is 0.0283. The molecule has 0 aliphatic heterocycles. The summed E-state index contributed by atoms with van der Waals surface area (Å²) in [6.07, 6.45) is 2.14. The van der Waals surface area contributed by atoms with Gasteiger partial charge in [-0.25, -0.2) is 0 Å². The Kier molecular flexibility index (Phi) is 6.01. The van der Waals surface area contributed by atoms with Crippen LogP contribution in [0.5, 0.6) is 0 Å². The molecule has 0 atom stereocenters. The number of amides is 1. The summed E-state index contributed by atoms with van der Waals surface area (Å²) in [7, 11) is 4.11. The first-order valence-corrected chi connectivity index (χ1v) is 6.89. The molecule has 3 nitrogen and oxygen atoms in total. The van der Waals surface area contributed by atoms with Gasteiger partial charge in [-0.1, -0.05) is 0 Å². The van der Waals surface area contributed by atoms with E-state index in [0.29, 0.717) is 0 Å². The molecule has 16 heavy (non-hydrogen) atoms. The van der Waals surface area contributed by atoms with Crippen LogP contribution in [0.1, 0.15) is 22.5 Å². The zero-order valence-electron chi connectivity index (χ0n) is 9.62. The first-order chi connectivity index (χ1) is 7.59. The van der Waals surface area contributed by atoms with E-state index in [4.69, 9.17) is 0 Å². The monoisotopic (exact) mass is 304 g/mol. The van der Waals surface area contributed by atoms with Crippen molar-refractivity contribution in [1.29, 1.82) is 0 Å². The topological polar surface area (TPSA) is 32.3 Å². The van der Waals surface area contributed by atoms with Gasteiger partial charge in [0.1, 0.15) is 0 Å². The van der Waals surface area contributed by atoms with Gasteiger partial charge in [-0.05, 0) is 61.5 Å². The van der Waals surface area contributed by atoms with Crippen molar-refractivity contribution in [2.24, 2.45) is 0 Å². The normalized spacial score (nSPS) is 10.8.